The van der Waals surface area contributed by atoms with Crippen LogP contribution in [-0.4, -0.2) is 88.8 Å². The van der Waals surface area contributed by atoms with Crippen LogP contribution in [0.5, 0.6) is 0 Å². The summed E-state index contributed by atoms with van der Waals surface area (Å²) in [6, 6.07) is 9.45. The van der Waals surface area contributed by atoms with Crippen molar-refractivity contribution in [2.24, 2.45) is 0 Å². The number of hydrogen-bond donors (Lipinski definition) is 1. The molecule has 1 N–H and O–H groups in total. The molecule has 1 aliphatic heterocycles. The molecule has 1 aliphatic rings. The van der Waals surface area contributed by atoms with Gasteiger partial charge in [0.05, 0.1) is 59.4 Å². The molecule has 3 amide bonds. The summed E-state index contributed by atoms with van der Waals surface area (Å²) in [4.78, 5) is 35.4. The van der Waals surface area contributed by atoms with E-state index in [2.05, 4.69) is 5.32 Å². The Hall–Kier alpha value is -2.79. The molecule has 0 unspecified atom stereocenters. The van der Waals surface area contributed by atoms with E-state index in [-0.39, 0.29) is 31.6 Å². The van der Waals surface area contributed by atoms with Crippen LogP contribution >= 0.6 is 0 Å². The van der Waals surface area contributed by atoms with Gasteiger partial charge in [0, 0.05) is 18.7 Å². The number of rotatable bonds is 17. The van der Waals surface area contributed by atoms with Gasteiger partial charge in [-0.2, -0.15) is 0 Å². The molecule has 32 heavy (non-hydrogen) atoms. The van der Waals surface area contributed by atoms with Crippen molar-refractivity contribution in [3.63, 3.8) is 0 Å². The molecule has 10 heteroatoms. The fourth-order valence-corrected chi connectivity index (χ4v) is 2.57. The summed E-state index contributed by atoms with van der Waals surface area (Å²) in [7, 11) is 0. The number of benzene rings is 1. The van der Waals surface area contributed by atoms with Crippen LogP contribution in [0, 0.1) is 0 Å². The van der Waals surface area contributed by atoms with Gasteiger partial charge in [-0.3, -0.25) is 14.5 Å². The van der Waals surface area contributed by atoms with Gasteiger partial charge in [0.1, 0.15) is 6.61 Å². The summed E-state index contributed by atoms with van der Waals surface area (Å²) in [6.07, 6.45) is 2.01. The van der Waals surface area contributed by atoms with E-state index in [1.807, 2.05) is 30.3 Å². The number of imide groups is 1. The Morgan fingerprint density at radius 3 is 1.88 bits per heavy atom. The molecule has 1 heterocycles. The Balaban J connectivity index is 1.27. The number of carbonyl (C=O) groups excluding carboxylic acids is 3. The van der Waals surface area contributed by atoms with Crippen LogP contribution in [0.4, 0.5) is 4.79 Å². The molecule has 0 aromatic heterocycles. The first kappa shape index (κ1) is 25.5. The minimum Gasteiger partial charge on any atom is -0.445 e. The van der Waals surface area contributed by atoms with E-state index in [0.29, 0.717) is 52.8 Å². The number of alkyl carbamates (subject to hydrolysis) is 1. The largest absolute Gasteiger partial charge is 0.445 e. The maximum atomic E-state index is 11.6. The lowest BCUT2D eigenvalue weighted by molar-refractivity contribution is -0.137. The Morgan fingerprint density at radius 2 is 1.28 bits per heavy atom. The molecule has 0 fully saturated rings. The van der Waals surface area contributed by atoms with Crippen molar-refractivity contribution >= 4 is 17.9 Å². The Labute approximate surface area is 187 Å². The molecule has 0 saturated carbocycles. The monoisotopic (exact) mass is 450 g/mol. The number of hydrogen-bond acceptors (Lipinski definition) is 8. The third-order valence-corrected chi connectivity index (χ3v) is 4.20. The maximum Gasteiger partial charge on any atom is 0.407 e. The Bertz CT molecular complexity index is 708. The minimum atomic E-state index is -0.482. The van der Waals surface area contributed by atoms with Crippen molar-refractivity contribution in [3.8, 4) is 0 Å². The van der Waals surface area contributed by atoms with Crippen molar-refractivity contribution in [3.05, 3.63) is 48.0 Å². The third-order valence-electron chi connectivity index (χ3n) is 4.20. The standard InChI is InChI=1S/C22H30N2O8/c25-20-6-7-21(26)24(20)9-11-29-13-15-31-17-16-30-14-12-28-10-8-23-22(27)32-18-19-4-2-1-3-5-19/h1-7H,8-18H2,(H,23,27). The maximum absolute atomic E-state index is 11.6. The summed E-state index contributed by atoms with van der Waals surface area (Å²) < 4.78 is 26.5. The van der Waals surface area contributed by atoms with Crippen LogP contribution in [-0.2, 0) is 39.9 Å². The highest BCUT2D eigenvalue weighted by Gasteiger charge is 2.22. The average molecular weight is 450 g/mol. The summed E-state index contributed by atoms with van der Waals surface area (Å²) in [5, 5.41) is 2.61. The normalized spacial score (nSPS) is 13.1. The molecule has 1 aromatic carbocycles. The highest BCUT2D eigenvalue weighted by Crippen LogP contribution is 2.02. The van der Waals surface area contributed by atoms with Crippen molar-refractivity contribution in [1.82, 2.24) is 10.2 Å². The first-order valence-electron chi connectivity index (χ1n) is 10.5. The zero-order valence-corrected chi connectivity index (χ0v) is 18.0. The molecule has 2 rings (SSSR count). The molecule has 0 bridgehead atoms. The van der Waals surface area contributed by atoms with Crippen LogP contribution in [0.25, 0.3) is 0 Å². The molecular formula is C22H30N2O8. The average Bonchev–Trinajstić information content (AvgIpc) is 3.13. The quantitative estimate of drug-likeness (QED) is 0.275. The van der Waals surface area contributed by atoms with E-state index in [1.54, 1.807) is 0 Å². The van der Waals surface area contributed by atoms with Crippen LogP contribution in [0.2, 0.25) is 0 Å². The van der Waals surface area contributed by atoms with Gasteiger partial charge >= 0.3 is 6.09 Å². The van der Waals surface area contributed by atoms with Crippen molar-refractivity contribution < 1.29 is 38.1 Å². The minimum absolute atomic E-state index is 0.230. The van der Waals surface area contributed by atoms with E-state index in [0.717, 1.165) is 10.5 Å². The first-order valence-corrected chi connectivity index (χ1v) is 10.5. The van der Waals surface area contributed by atoms with Crippen molar-refractivity contribution in [2.75, 3.05) is 65.9 Å². The summed E-state index contributed by atoms with van der Waals surface area (Å²) in [6.45, 7) is 3.90. The van der Waals surface area contributed by atoms with Crippen molar-refractivity contribution in [2.45, 2.75) is 6.61 Å². The van der Waals surface area contributed by atoms with Gasteiger partial charge in [0.25, 0.3) is 11.8 Å². The molecule has 0 radical (unpaired) electrons. The lowest BCUT2D eigenvalue weighted by atomic mass is 10.2. The van der Waals surface area contributed by atoms with E-state index in [1.165, 1.54) is 12.2 Å². The second-order valence-corrected chi connectivity index (χ2v) is 6.60. The smallest absolute Gasteiger partial charge is 0.407 e. The zero-order valence-electron chi connectivity index (χ0n) is 18.0. The van der Waals surface area contributed by atoms with Gasteiger partial charge in [0.15, 0.2) is 0 Å². The Morgan fingerprint density at radius 1 is 0.750 bits per heavy atom. The molecule has 0 atom stereocenters. The number of carbonyl (C=O) groups is 3. The van der Waals surface area contributed by atoms with Gasteiger partial charge in [-0.1, -0.05) is 30.3 Å². The lowest BCUT2D eigenvalue weighted by Crippen LogP contribution is -2.33. The van der Waals surface area contributed by atoms with E-state index < -0.39 is 6.09 Å². The summed E-state index contributed by atoms with van der Waals surface area (Å²) >= 11 is 0. The third kappa shape index (κ3) is 11.0. The van der Waals surface area contributed by atoms with Gasteiger partial charge in [-0.25, -0.2) is 4.79 Å². The molecule has 10 nitrogen and oxygen atoms in total. The van der Waals surface area contributed by atoms with Crippen LogP contribution in [0.3, 0.4) is 0 Å². The predicted octanol–water partition coefficient (Wildman–Crippen LogP) is 0.904. The highest BCUT2D eigenvalue weighted by molar-refractivity contribution is 6.12. The van der Waals surface area contributed by atoms with Gasteiger partial charge in [0.2, 0.25) is 0 Å². The van der Waals surface area contributed by atoms with Crippen molar-refractivity contribution in [1.29, 1.82) is 0 Å². The molecule has 0 spiro atoms. The lowest BCUT2D eigenvalue weighted by Gasteiger charge is -2.13. The highest BCUT2D eigenvalue weighted by atomic mass is 16.6. The SMILES string of the molecule is O=C(NCCOCCOCCOCCOCCN1C(=O)C=CC1=O)OCc1ccccc1. The van der Waals surface area contributed by atoms with Gasteiger partial charge in [-0.05, 0) is 5.56 Å². The number of ether oxygens (including phenoxy) is 5. The van der Waals surface area contributed by atoms with Crippen LogP contribution in [0.15, 0.2) is 42.5 Å². The number of nitrogens with zero attached hydrogens (tertiary/aromatic N) is 1. The van der Waals surface area contributed by atoms with E-state index in [4.69, 9.17) is 23.7 Å². The molecule has 0 aliphatic carbocycles. The Kier molecular flexibility index (Phi) is 12.7. The fraction of sp³-hybridized carbons (Fsp3) is 0.500. The topological polar surface area (TPSA) is 113 Å². The summed E-state index contributed by atoms with van der Waals surface area (Å²) in [5.74, 6) is -0.623. The van der Waals surface area contributed by atoms with E-state index in [9.17, 15) is 14.4 Å². The molecule has 0 saturated heterocycles. The second kappa shape index (κ2) is 15.9. The second-order valence-electron chi connectivity index (χ2n) is 6.60. The number of amides is 3. The summed E-state index contributed by atoms with van der Waals surface area (Å²) in [5.41, 5.74) is 0.929. The first-order chi connectivity index (χ1) is 15.7. The van der Waals surface area contributed by atoms with Gasteiger partial charge < -0.3 is 29.0 Å². The van der Waals surface area contributed by atoms with Crippen LogP contribution < -0.4 is 5.32 Å². The predicted molar refractivity (Wildman–Crippen MR) is 114 cm³/mol. The molecular weight excluding hydrogens is 420 g/mol. The fourth-order valence-electron chi connectivity index (χ4n) is 2.57. The van der Waals surface area contributed by atoms with Gasteiger partial charge in [-0.15, -0.1) is 0 Å². The van der Waals surface area contributed by atoms with Crippen LogP contribution in [0.1, 0.15) is 5.56 Å². The number of nitrogens with one attached hydrogen (secondary N) is 1. The molecule has 1 aromatic rings. The molecule has 176 valence electrons. The zero-order chi connectivity index (χ0) is 22.9. The van der Waals surface area contributed by atoms with E-state index >= 15 is 0 Å².